The Morgan fingerprint density at radius 3 is 2.46 bits per heavy atom. The molecule has 8 nitrogen and oxygen atoms in total. The van der Waals surface area contributed by atoms with E-state index >= 15 is 0 Å². The number of hydrogen-bond acceptors (Lipinski definition) is 5. The van der Waals surface area contributed by atoms with E-state index in [0.29, 0.717) is 31.4 Å². The van der Waals surface area contributed by atoms with Crippen LogP contribution >= 0.6 is 0 Å². The summed E-state index contributed by atoms with van der Waals surface area (Å²) in [5.74, 6) is -0.595. The van der Waals surface area contributed by atoms with Crippen LogP contribution < -0.4 is 15.8 Å². The highest BCUT2D eigenvalue weighted by Gasteiger charge is 2.49. The fraction of sp³-hybridized carbons (Fsp3) is 0.562. The molecule has 0 bridgehead atoms. The Morgan fingerprint density at radius 2 is 1.85 bits per heavy atom. The number of benzene rings is 1. The first kappa shape index (κ1) is 31.2. The molecule has 1 aromatic rings. The molecule has 0 aromatic heterocycles. The molecular formula is C32H46N4O4S. The third kappa shape index (κ3) is 7.37. The zero-order valence-corrected chi connectivity index (χ0v) is 25.6. The second-order valence-corrected chi connectivity index (χ2v) is 13.8. The number of nitrogens with two attached hydrogens (primary N) is 1. The minimum absolute atomic E-state index is 0.181. The number of nitrogens with zero attached hydrogens (tertiary/aromatic N) is 1. The number of carbonyl (C=O) groups excluding carboxylic acids is 2. The van der Waals surface area contributed by atoms with E-state index in [0.717, 1.165) is 50.5 Å². The Morgan fingerprint density at radius 1 is 1.15 bits per heavy atom. The standard InChI is InChI=1S/C32H46N4O4S/c1-4-36(29(37)27(34-30(38)31(2,3)33)20-14-17-24-15-8-5-9-16-24)23-26-28(25-18-10-6-11-19-25)41(39,40)35-32(26)21-12-7-13-22-32/h5-6,8,10-11,15,18-19,27,35H,4,7,9,12-14,16-17,20-23,33H2,1-3H3,(H,34,38)/t27-/m1/s1. The molecule has 4 N–H and O–H groups in total. The van der Waals surface area contributed by atoms with E-state index in [-0.39, 0.29) is 23.3 Å². The Kier molecular flexibility index (Phi) is 9.93. The van der Waals surface area contributed by atoms with Crippen molar-refractivity contribution < 1.29 is 18.0 Å². The van der Waals surface area contributed by atoms with E-state index in [2.05, 4.69) is 28.3 Å². The summed E-state index contributed by atoms with van der Waals surface area (Å²) in [4.78, 5) is 29.1. The lowest BCUT2D eigenvalue weighted by molar-refractivity contribution is -0.137. The van der Waals surface area contributed by atoms with Gasteiger partial charge in [0.15, 0.2) is 0 Å². The van der Waals surface area contributed by atoms with Crippen molar-refractivity contribution in [2.75, 3.05) is 13.1 Å². The zero-order chi connectivity index (χ0) is 29.7. The second kappa shape index (κ2) is 13.0. The summed E-state index contributed by atoms with van der Waals surface area (Å²) in [6, 6.07) is 8.41. The Hall–Kier alpha value is -2.75. The molecule has 1 aromatic carbocycles. The monoisotopic (exact) mass is 582 g/mol. The quantitative estimate of drug-likeness (QED) is 0.353. The minimum Gasteiger partial charge on any atom is -0.343 e. The van der Waals surface area contributed by atoms with Crippen LogP contribution in [0, 0.1) is 0 Å². The lowest BCUT2D eigenvalue weighted by Crippen LogP contribution is -2.57. The summed E-state index contributed by atoms with van der Waals surface area (Å²) in [5.41, 5.74) is 6.97. The van der Waals surface area contributed by atoms with Crippen LogP contribution in [-0.4, -0.2) is 55.3 Å². The lowest BCUT2D eigenvalue weighted by Gasteiger charge is -2.38. The highest BCUT2D eigenvalue weighted by Crippen LogP contribution is 2.45. The SMILES string of the molecule is CCN(CC1=C(c2ccccc2)S(=O)(=O)NC12CCCCC2)C(=O)[C@@H](CCCC1=CC=CCC1)NC(=O)C(C)(C)N. The van der Waals surface area contributed by atoms with E-state index in [9.17, 15) is 18.0 Å². The molecule has 9 heteroatoms. The Labute approximate surface area is 245 Å². The van der Waals surface area contributed by atoms with E-state index in [1.807, 2.05) is 37.3 Å². The highest BCUT2D eigenvalue weighted by molar-refractivity contribution is 7.99. The number of likely N-dealkylation sites (N-methyl/N-ethyl adjacent to an activating group) is 1. The van der Waals surface area contributed by atoms with E-state index in [1.165, 1.54) is 5.57 Å². The van der Waals surface area contributed by atoms with Crippen LogP contribution in [0.1, 0.15) is 90.5 Å². The fourth-order valence-electron chi connectivity index (χ4n) is 6.20. The summed E-state index contributed by atoms with van der Waals surface area (Å²) in [7, 11) is -3.77. The first-order chi connectivity index (χ1) is 19.5. The molecule has 224 valence electrons. The van der Waals surface area contributed by atoms with Crippen molar-refractivity contribution in [3.05, 3.63) is 65.3 Å². The van der Waals surface area contributed by atoms with Gasteiger partial charge in [0.1, 0.15) is 6.04 Å². The van der Waals surface area contributed by atoms with Crippen LogP contribution in [0.25, 0.3) is 4.91 Å². The fourth-order valence-corrected chi connectivity index (χ4v) is 8.18. The minimum atomic E-state index is -3.77. The average Bonchev–Trinajstić information content (AvgIpc) is 3.16. The molecule has 1 saturated carbocycles. The van der Waals surface area contributed by atoms with Gasteiger partial charge in [-0.3, -0.25) is 9.59 Å². The van der Waals surface area contributed by atoms with Gasteiger partial charge in [-0.05, 0) is 76.9 Å². The Bertz CT molecular complexity index is 1300. The third-order valence-corrected chi connectivity index (χ3v) is 10.2. The van der Waals surface area contributed by atoms with Crippen molar-refractivity contribution in [2.45, 2.75) is 102 Å². The van der Waals surface area contributed by atoms with Gasteiger partial charge in [-0.15, -0.1) is 0 Å². The van der Waals surface area contributed by atoms with Crippen molar-refractivity contribution in [3.8, 4) is 0 Å². The molecule has 1 atom stereocenters. The summed E-state index contributed by atoms with van der Waals surface area (Å²) in [6.07, 6.45) is 14.8. The molecule has 41 heavy (non-hydrogen) atoms. The maximum absolute atomic E-state index is 14.1. The maximum atomic E-state index is 14.1. The van der Waals surface area contributed by atoms with Gasteiger partial charge in [-0.2, -0.15) is 0 Å². The molecule has 0 unspecified atom stereocenters. The molecule has 2 amide bonds. The number of amides is 2. The summed E-state index contributed by atoms with van der Waals surface area (Å²) < 4.78 is 30.3. The number of hydrogen-bond donors (Lipinski definition) is 3. The molecule has 2 aliphatic carbocycles. The van der Waals surface area contributed by atoms with Crippen LogP contribution in [0.15, 0.2) is 59.7 Å². The number of allylic oxidation sites excluding steroid dienone is 4. The van der Waals surface area contributed by atoms with Gasteiger partial charge in [-0.1, -0.05) is 73.4 Å². The predicted octanol–water partition coefficient (Wildman–Crippen LogP) is 4.55. The molecule has 3 aliphatic rings. The summed E-state index contributed by atoms with van der Waals surface area (Å²) >= 11 is 0. The molecule has 1 aliphatic heterocycles. The van der Waals surface area contributed by atoms with Gasteiger partial charge < -0.3 is 16.0 Å². The summed E-state index contributed by atoms with van der Waals surface area (Å²) in [6.45, 7) is 5.71. The van der Waals surface area contributed by atoms with Crippen LogP contribution in [-0.2, 0) is 19.6 Å². The number of nitrogens with one attached hydrogen (secondary N) is 2. The molecule has 1 heterocycles. The maximum Gasteiger partial charge on any atom is 0.245 e. The highest BCUT2D eigenvalue weighted by atomic mass is 32.2. The smallest absolute Gasteiger partial charge is 0.245 e. The van der Waals surface area contributed by atoms with Crippen LogP contribution in [0.3, 0.4) is 0 Å². The van der Waals surface area contributed by atoms with Gasteiger partial charge in [0.05, 0.1) is 16.0 Å². The molecule has 1 spiro atoms. The number of carbonyl (C=O) groups is 2. The first-order valence-electron chi connectivity index (χ1n) is 15.0. The predicted molar refractivity (Wildman–Crippen MR) is 164 cm³/mol. The average molecular weight is 583 g/mol. The van der Waals surface area contributed by atoms with Crippen molar-refractivity contribution >= 4 is 26.7 Å². The van der Waals surface area contributed by atoms with Gasteiger partial charge in [0.25, 0.3) is 0 Å². The van der Waals surface area contributed by atoms with Crippen LogP contribution in [0.4, 0.5) is 0 Å². The molecule has 4 rings (SSSR count). The van der Waals surface area contributed by atoms with Gasteiger partial charge in [0, 0.05) is 13.1 Å². The first-order valence-corrected chi connectivity index (χ1v) is 16.5. The van der Waals surface area contributed by atoms with Gasteiger partial charge in [-0.25, -0.2) is 13.1 Å². The second-order valence-electron chi connectivity index (χ2n) is 12.2. The normalized spacial score (nSPS) is 20.5. The van der Waals surface area contributed by atoms with Crippen LogP contribution in [0.2, 0.25) is 0 Å². The largest absolute Gasteiger partial charge is 0.343 e. The third-order valence-electron chi connectivity index (χ3n) is 8.52. The van der Waals surface area contributed by atoms with Crippen molar-refractivity contribution in [2.24, 2.45) is 5.73 Å². The van der Waals surface area contributed by atoms with Gasteiger partial charge >= 0.3 is 0 Å². The Balaban J connectivity index is 1.65. The van der Waals surface area contributed by atoms with Crippen molar-refractivity contribution in [1.82, 2.24) is 14.9 Å². The van der Waals surface area contributed by atoms with E-state index < -0.39 is 27.1 Å². The van der Waals surface area contributed by atoms with E-state index in [1.54, 1.807) is 18.7 Å². The molecule has 0 radical (unpaired) electrons. The topological polar surface area (TPSA) is 122 Å². The molecular weight excluding hydrogens is 536 g/mol. The van der Waals surface area contributed by atoms with Gasteiger partial charge in [0.2, 0.25) is 21.8 Å². The lowest BCUT2D eigenvalue weighted by atomic mass is 9.76. The zero-order valence-electron chi connectivity index (χ0n) is 24.7. The molecule has 0 saturated heterocycles. The van der Waals surface area contributed by atoms with Crippen molar-refractivity contribution in [3.63, 3.8) is 0 Å². The van der Waals surface area contributed by atoms with Crippen molar-refractivity contribution in [1.29, 1.82) is 0 Å². The summed E-state index contributed by atoms with van der Waals surface area (Å²) in [5, 5.41) is 2.93. The van der Waals surface area contributed by atoms with E-state index in [4.69, 9.17) is 5.73 Å². The molecule has 1 fully saturated rings. The number of rotatable bonds is 11. The number of sulfonamides is 1. The van der Waals surface area contributed by atoms with Crippen LogP contribution in [0.5, 0.6) is 0 Å².